The molecule has 0 bridgehead atoms. The Hall–Kier alpha value is -1.89. The highest BCUT2D eigenvalue weighted by Crippen LogP contribution is 2.19. The molecule has 7 heteroatoms. The van der Waals surface area contributed by atoms with E-state index in [0.717, 1.165) is 6.42 Å². The summed E-state index contributed by atoms with van der Waals surface area (Å²) in [5.74, 6) is -1.12. The molecule has 2 N–H and O–H groups in total. The smallest absolute Gasteiger partial charge is 0.326 e. The summed E-state index contributed by atoms with van der Waals surface area (Å²) in [7, 11) is 0. The lowest BCUT2D eigenvalue weighted by atomic mass is 9.93. The number of carboxylic acids is 1. The van der Waals surface area contributed by atoms with Gasteiger partial charge in [-0.25, -0.2) is 4.79 Å². The molecule has 0 saturated carbocycles. The quantitative estimate of drug-likeness (QED) is 0.851. The Morgan fingerprint density at radius 3 is 2.76 bits per heavy atom. The molecule has 0 spiro atoms. The average Bonchev–Trinajstić information content (AvgIpc) is 2.95. The van der Waals surface area contributed by atoms with E-state index in [9.17, 15) is 14.7 Å². The van der Waals surface area contributed by atoms with Crippen molar-refractivity contribution in [3.8, 4) is 0 Å². The third kappa shape index (κ3) is 3.81. The van der Waals surface area contributed by atoms with Crippen LogP contribution in [0.15, 0.2) is 10.6 Å². The maximum Gasteiger partial charge on any atom is 0.326 e. The minimum atomic E-state index is -1.06. The summed E-state index contributed by atoms with van der Waals surface area (Å²) in [4.78, 5) is 23.5. The van der Waals surface area contributed by atoms with Gasteiger partial charge in [0.05, 0.1) is 6.61 Å². The number of aliphatic carboxylic acids is 1. The van der Waals surface area contributed by atoms with Gasteiger partial charge >= 0.3 is 5.97 Å². The van der Waals surface area contributed by atoms with Gasteiger partial charge in [0.15, 0.2) is 5.69 Å². The molecule has 1 aliphatic heterocycles. The van der Waals surface area contributed by atoms with Gasteiger partial charge in [-0.15, -0.1) is 0 Å². The molecule has 1 aliphatic rings. The summed E-state index contributed by atoms with van der Waals surface area (Å²) in [6.45, 7) is 4.81. The highest BCUT2D eigenvalue weighted by molar-refractivity contribution is 5.95. The Morgan fingerprint density at radius 2 is 2.24 bits per heavy atom. The van der Waals surface area contributed by atoms with Gasteiger partial charge in [-0.05, 0) is 12.8 Å². The topological polar surface area (TPSA) is 102 Å². The van der Waals surface area contributed by atoms with E-state index in [1.54, 1.807) is 0 Å². The summed E-state index contributed by atoms with van der Waals surface area (Å²) in [6, 6.07) is 0.563. The maximum absolute atomic E-state index is 12.1. The molecule has 0 radical (unpaired) electrons. The Bertz CT molecular complexity index is 505. The second-order valence-corrected chi connectivity index (χ2v) is 5.54. The van der Waals surface area contributed by atoms with Gasteiger partial charge in [0.1, 0.15) is 11.8 Å². The van der Waals surface area contributed by atoms with E-state index in [0.29, 0.717) is 25.4 Å². The Morgan fingerprint density at radius 1 is 1.48 bits per heavy atom. The number of carbonyl (C=O) groups excluding carboxylic acids is 1. The Balaban J connectivity index is 2.04. The van der Waals surface area contributed by atoms with E-state index >= 15 is 0 Å². The predicted octanol–water partition coefficient (Wildman–Crippen LogP) is 1.41. The van der Waals surface area contributed by atoms with E-state index < -0.39 is 17.9 Å². The van der Waals surface area contributed by atoms with E-state index in [2.05, 4.69) is 10.5 Å². The van der Waals surface area contributed by atoms with Gasteiger partial charge in [0.25, 0.3) is 5.91 Å². The molecule has 1 saturated heterocycles. The van der Waals surface area contributed by atoms with Crippen LogP contribution >= 0.6 is 0 Å². The van der Waals surface area contributed by atoms with Crippen LogP contribution in [-0.4, -0.2) is 41.4 Å². The summed E-state index contributed by atoms with van der Waals surface area (Å²) in [6.07, 6.45) is 1.51. The van der Waals surface area contributed by atoms with Crippen molar-refractivity contribution < 1.29 is 24.0 Å². The van der Waals surface area contributed by atoms with Crippen molar-refractivity contribution in [2.24, 2.45) is 5.92 Å². The SMILES string of the molecule is CC(C)c1cc(C(=O)NC(C(=O)O)C2CCCOC2)no1. The third-order valence-corrected chi connectivity index (χ3v) is 3.55. The van der Waals surface area contributed by atoms with Crippen LogP contribution in [0.1, 0.15) is 48.9 Å². The lowest BCUT2D eigenvalue weighted by molar-refractivity contribution is -0.142. The van der Waals surface area contributed by atoms with Crippen molar-refractivity contribution in [2.75, 3.05) is 13.2 Å². The summed E-state index contributed by atoms with van der Waals surface area (Å²) >= 11 is 0. The zero-order valence-electron chi connectivity index (χ0n) is 12.2. The number of amides is 1. The molecule has 1 fully saturated rings. The van der Waals surface area contributed by atoms with Crippen molar-refractivity contribution in [3.63, 3.8) is 0 Å². The van der Waals surface area contributed by atoms with E-state index in [1.807, 2.05) is 13.8 Å². The predicted molar refractivity (Wildman–Crippen MR) is 73.0 cm³/mol. The van der Waals surface area contributed by atoms with Crippen LogP contribution in [0.3, 0.4) is 0 Å². The number of carboxylic acid groups (broad SMARTS) is 1. The number of hydrogen-bond acceptors (Lipinski definition) is 5. The molecule has 2 unspecified atom stereocenters. The molecule has 21 heavy (non-hydrogen) atoms. The molecule has 116 valence electrons. The van der Waals surface area contributed by atoms with Crippen molar-refractivity contribution in [1.29, 1.82) is 0 Å². The largest absolute Gasteiger partial charge is 0.480 e. The van der Waals surface area contributed by atoms with E-state index in [-0.39, 0.29) is 17.5 Å². The van der Waals surface area contributed by atoms with Crippen LogP contribution in [0.2, 0.25) is 0 Å². The van der Waals surface area contributed by atoms with Gasteiger partial charge in [0.2, 0.25) is 0 Å². The number of nitrogens with one attached hydrogen (secondary N) is 1. The van der Waals surface area contributed by atoms with Crippen LogP contribution in [0.4, 0.5) is 0 Å². The minimum Gasteiger partial charge on any atom is -0.480 e. The van der Waals surface area contributed by atoms with Crippen LogP contribution in [0.25, 0.3) is 0 Å². The van der Waals surface area contributed by atoms with E-state index in [1.165, 1.54) is 6.07 Å². The van der Waals surface area contributed by atoms with Crippen LogP contribution in [-0.2, 0) is 9.53 Å². The summed E-state index contributed by atoms with van der Waals surface area (Å²) in [5.41, 5.74) is 0.0988. The fourth-order valence-corrected chi connectivity index (χ4v) is 2.29. The van der Waals surface area contributed by atoms with Crippen LogP contribution in [0, 0.1) is 5.92 Å². The first-order valence-electron chi connectivity index (χ1n) is 7.07. The molecule has 2 heterocycles. The third-order valence-electron chi connectivity index (χ3n) is 3.55. The van der Waals surface area contributed by atoms with Crippen LogP contribution in [0.5, 0.6) is 0 Å². The molecule has 1 amide bonds. The Kier molecular flexibility index (Phi) is 4.95. The normalized spacial score (nSPS) is 20.2. The van der Waals surface area contributed by atoms with Gasteiger partial charge in [-0.1, -0.05) is 19.0 Å². The minimum absolute atomic E-state index is 0.0988. The second kappa shape index (κ2) is 6.71. The summed E-state index contributed by atoms with van der Waals surface area (Å²) < 4.78 is 10.3. The molecular weight excluding hydrogens is 276 g/mol. The first-order chi connectivity index (χ1) is 9.99. The van der Waals surface area contributed by atoms with Crippen molar-refractivity contribution >= 4 is 11.9 Å². The molecule has 2 rings (SSSR count). The fourth-order valence-electron chi connectivity index (χ4n) is 2.29. The number of ether oxygens (including phenoxy) is 1. The molecule has 0 aliphatic carbocycles. The monoisotopic (exact) mass is 296 g/mol. The lowest BCUT2D eigenvalue weighted by Crippen LogP contribution is -2.48. The van der Waals surface area contributed by atoms with Crippen molar-refractivity contribution in [1.82, 2.24) is 10.5 Å². The zero-order valence-corrected chi connectivity index (χ0v) is 12.2. The second-order valence-electron chi connectivity index (χ2n) is 5.54. The standard InChI is InChI=1S/C14H20N2O5/c1-8(2)11-6-10(16-21-11)13(17)15-12(14(18)19)9-4-3-5-20-7-9/h6,8-9,12H,3-5,7H2,1-2H3,(H,15,17)(H,18,19). The van der Waals surface area contributed by atoms with E-state index in [4.69, 9.17) is 9.26 Å². The lowest BCUT2D eigenvalue weighted by Gasteiger charge is -2.27. The number of aromatic nitrogens is 1. The van der Waals surface area contributed by atoms with Crippen molar-refractivity contribution in [2.45, 2.75) is 38.6 Å². The first-order valence-corrected chi connectivity index (χ1v) is 7.07. The van der Waals surface area contributed by atoms with Gasteiger partial charge in [-0.3, -0.25) is 4.79 Å². The van der Waals surface area contributed by atoms with Gasteiger partial charge < -0.3 is 19.7 Å². The molecule has 1 aromatic heterocycles. The average molecular weight is 296 g/mol. The zero-order chi connectivity index (χ0) is 15.4. The molecular formula is C14H20N2O5. The number of hydrogen-bond donors (Lipinski definition) is 2. The molecule has 0 aromatic carbocycles. The number of nitrogens with zero attached hydrogens (tertiary/aromatic N) is 1. The highest BCUT2D eigenvalue weighted by atomic mass is 16.5. The van der Waals surface area contributed by atoms with Crippen LogP contribution < -0.4 is 5.32 Å². The molecule has 1 aromatic rings. The summed E-state index contributed by atoms with van der Waals surface area (Å²) in [5, 5.41) is 15.5. The maximum atomic E-state index is 12.1. The van der Waals surface area contributed by atoms with Gasteiger partial charge in [0, 0.05) is 24.5 Å². The number of rotatable bonds is 5. The van der Waals surface area contributed by atoms with Crippen molar-refractivity contribution in [3.05, 3.63) is 17.5 Å². The molecule has 2 atom stereocenters. The van der Waals surface area contributed by atoms with Gasteiger partial charge in [-0.2, -0.15) is 0 Å². The Labute approximate surface area is 122 Å². The highest BCUT2D eigenvalue weighted by Gasteiger charge is 2.32. The molecule has 7 nitrogen and oxygen atoms in total. The fraction of sp³-hybridized carbons (Fsp3) is 0.643. The number of carbonyl (C=O) groups is 2. The first kappa shape index (κ1) is 15.5.